The van der Waals surface area contributed by atoms with Gasteiger partial charge in [-0.25, -0.2) is 0 Å². The molecule has 6 heteroatoms. The van der Waals surface area contributed by atoms with E-state index in [-0.39, 0.29) is 11.5 Å². The average Bonchev–Trinajstić information content (AvgIpc) is 3.38. The predicted octanol–water partition coefficient (Wildman–Crippen LogP) is 3.80. The molecule has 1 aromatic heterocycles. The SMILES string of the molecule is C=CCn1c(=S)[nH]c2cc(C(=O)N[C@@H]3C[C@H]4C[C@H]3[C@H]3CCC[C@@H]43)ccc2c1=O. The van der Waals surface area contributed by atoms with Gasteiger partial charge in [0, 0.05) is 18.2 Å². The van der Waals surface area contributed by atoms with Crippen LogP contribution in [-0.4, -0.2) is 21.5 Å². The summed E-state index contributed by atoms with van der Waals surface area (Å²) >= 11 is 5.30. The van der Waals surface area contributed by atoms with Crippen molar-refractivity contribution in [1.29, 1.82) is 0 Å². The summed E-state index contributed by atoms with van der Waals surface area (Å²) in [5, 5.41) is 3.82. The van der Waals surface area contributed by atoms with Crippen LogP contribution < -0.4 is 10.9 Å². The molecule has 28 heavy (non-hydrogen) atoms. The molecule has 3 aliphatic carbocycles. The van der Waals surface area contributed by atoms with Crippen LogP contribution in [0.3, 0.4) is 0 Å². The Morgan fingerprint density at radius 2 is 2.11 bits per heavy atom. The fourth-order valence-corrected chi connectivity index (χ4v) is 6.44. The summed E-state index contributed by atoms with van der Waals surface area (Å²) in [5.41, 5.74) is 1.02. The van der Waals surface area contributed by atoms with Crippen LogP contribution in [0.2, 0.25) is 0 Å². The van der Waals surface area contributed by atoms with E-state index in [9.17, 15) is 9.59 Å². The van der Waals surface area contributed by atoms with Gasteiger partial charge in [-0.1, -0.05) is 12.5 Å². The first kappa shape index (κ1) is 17.9. The number of H-pyrrole nitrogens is 1. The van der Waals surface area contributed by atoms with Crippen LogP contribution in [0.4, 0.5) is 0 Å². The van der Waals surface area contributed by atoms with Gasteiger partial charge in [-0.05, 0) is 79.8 Å². The highest BCUT2D eigenvalue weighted by atomic mass is 32.1. The molecule has 1 amide bonds. The minimum atomic E-state index is -0.161. The number of aromatic amines is 1. The van der Waals surface area contributed by atoms with Gasteiger partial charge in [-0.2, -0.15) is 0 Å². The van der Waals surface area contributed by atoms with E-state index < -0.39 is 0 Å². The van der Waals surface area contributed by atoms with Gasteiger partial charge in [0.05, 0.1) is 10.9 Å². The van der Waals surface area contributed by atoms with E-state index in [0.717, 1.165) is 24.2 Å². The van der Waals surface area contributed by atoms with E-state index in [0.29, 0.717) is 39.7 Å². The van der Waals surface area contributed by atoms with Crippen molar-refractivity contribution in [2.75, 3.05) is 0 Å². The molecule has 3 saturated carbocycles. The van der Waals surface area contributed by atoms with Crippen LogP contribution in [0.25, 0.3) is 10.9 Å². The van der Waals surface area contributed by atoms with Crippen LogP contribution in [0, 0.1) is 28.4 Å². The van der Waals surface area contributed by atoms with Crippen molar-refractivity contribution in [3.63, 3.8) is 0 Å². The number of benzene rings is 1. The number of fused-ring (bicyclic) bond motifs is 6. The summed E-state index contributed by atoms with van der Waals surface area (Å²) in [4.78, 5) is 28.6. The molecular weight excluding hydrogens is 370 g/mol. The fraction of sp³-hybridized carbons (Fsp3) is 0.500. The molecule has 5 rings (SSSR count). The molecule has 2 N–H and O–H groups in total. The van der Waals surface area contributed by atoms with Gasteiger partial charge in [0.1, 0.15) is 0 Å². The lowest BCUT2D eigenvalue weighted by atomic mass is 9.79. The Morgan fingerprint density at radius 3 is 2.93 bits per heavy atom. The number of nitrogens with zero attached hydrogens (tertiary/aromatic N) is 1. The number of aromatic nitrogens is 2. The molecule has 0 radical (unpaired) electrons. The number of rotatable bonds is 4. The zero-order valence-electron chi connectivity index (χ0n) is 15.8. The lowest BCUT2D eigenvalue weighted by molar-refractivity contribution is 0.0901. The first-order chi connectivity index (χ1) is 13.6. The van der Waals surface area contributed by atoms with Gasteiger partial charge in [0.2, 0.25) is 0 Å². The molecule has 2 bridgehead atoms. The molecule has 3 aliphatic rings. The van der Waals surface area contributed by atoms with Crippen molar-refractivity contribution in [3.05, 3.63) is 51.5 Å². The lowest BCUT2D eigenvalue weighted by Crippen LogP contribution is -2.42. The summed E-state index contributed by atoms with van der Waals surface area (Å²) in [6, 6.07) is 5.49. The highest BCUT2D eigenvalue weighted by molar-refractivity contribution is 7.71. The second kappa shape index (κ2) is 6.69. The fourth-order valence-electron chi connectivity index (χ4n) is 6.18. The monoisotopic (exact) mass is 395 g/mol. The van der Waals surface area contributed by atoms with Crippen molar-refractivity contribution in [2.45, 2.75) is 44.7 Å². The Hall–Kier alpha value is -2.21. The molecule has 0 unspecified atom stereocenters. The highest BCUT2D eigenvalue weighted by Gasteiger charge is 2.54. The number of nitrogens with one attached hydrogen (secondary N) is 2. The third-order valence-electron chi connectivity index (χ3n) is 7.30. The summed E-state index contributed by atoms with van der Waals surface area (Å²) < 4.78 is 1.81. The lowest BCUT2D eigenvalue weighted by Gasteiger charge is -2.32. The Balaban J connectivity index is 1.40. The van der Waals surface area contributed by atoms with Crippen LogP contribution >= 0.6 is 12.2 Å². The Labute approximate surface area is 168 Å². The number of hydrogen-bond donors (Lipinski definition) is 2. The Kier molecular flexibility index (Phi) is 4.27. The molecule has 5 atom stereocenters. The summed E-state index contributed by atoms with van der Waals surface area (Å²) in [6.07, 6.45) is 8.13. The molecule has 146 valence electrons. The van der Waals surface area contributed by atoms with Gasteiger partial charge in [0.25, 0.3) is 11.5 Å². The van der Waals surface area contributed by atoms with E-state index >= 15 is 0 Å². The normalized spacial score (nSPS) is 30.5. The minimum absolute atomic E-state index is 0.0522. The van der Waals surface area contributed by atoms with Gasteiger partial charge in [-0.3, -0.25) is 14.2 Å². The third kappa shape index (κ3) is 2.69. The van der Waals surface area contributed by atoms with Crippen molar-refractivity contribution in [2.24, 2.45) is 23.7 Å². The molecule has 3 fully saturated rings. The summed E-state index contributed by atoms with van der Waals surface area (Å²) in [6.45, 7) is 4.03. The molecule has 1 aromatic carbocycles. The van der Waals surface area contributed by atoms with E-state index in [4.69, 9.17) is 12.2 Å². The van der Waals surface area contributed by atoms with E-state index in [1.807, 2.05) is 0 Å². The second-order valence-corrected chi connectivity index (χ2v) is 9.02. The molecule has 2 aromatic rings. The van der Waals surface area contributed by atoms with Crippen LogP contribution in [-0.2, 0) is 6.54 Å². The van der Waals surface area contributed by atoms with Gasteiger partial charge >= 0.3 is 0 Å². The first-order valence-corrected chi connectivity index (χ1v) is 10.7. The molecule has 1 heterocycles. The molecule has 0 saturated heterocycles. The minimum Gasteiger partial charge on any atom is -0.349 e. The Morgan fingerprint density at radius 1 is 1.29 bits per heavy atom. The predicted molar refractivity (Wildman–Crippen MR) is 112 cm³/mol. The van der Waals surface area contributed by atoms with Crippen molar-refractivity contribution < 1.29 is 4.79 Å². The quantitative estimate of drug-likeness (QED) is 0.611. The highest BCUT2D eigenvalue weighted by Crippen LogP contribution is 2.58. The largest absolute Gasteiger partial charge is 0.349 e. The molecule has 5 nitrogen and oxygen atoms in total. The number of carbonyl (C=O) groups excluding carboxylic acids is 1. The zero-order valence-corrected chi connectivity index (χ0v) is 16.6. The van der Waals surface area contributed by atoms with Crippen LogP contribution in [0.5, 0.6) is 0 Å². The maximum absolute atomic E-state index is 12.9. The number of carbonyl (C=O) groups is 1. The standard InChI is InChI=1S/C22H25N3O2S/c1-2-8-25-21(27)16-7-6-12(10-18(16)24-22(25)28)20(26)23-19-11-13-9-17(19)15-5-3-4-14(13)15/h2,6-7,10,13-15,17,19H,1,3-5,8-9,11H2,(H,23,26)(H,24,28)/t13-,14+,15+,17+,19-/m1/s1. The van der Waals surface area contributed by atoms with Gasteiger partial charge in [-0.15, -0.1) is 6.58 Å². The van der Waals surface area contributed by atoms with E-state index in [1.54, 1.807) is 24.3 Å². The first-order valence-electron chi connectivity index (χ1n) is 10.3. The smallest absolute Gasteiger partial charge is 0.262 e. The molecule has 0 spiro atoms. The van der Waals surface area contributed by atoms with Gasteiger partial charge < -0.3 is 10.3 Å². The maximum atomic E-state index is 12.9. The van der Waals surface area contributed by atoms with Crippen LogP contribution in [0.1, 0.15) is 42.5 Å². The molecule has 0 aliphatic heterocycles. The van der Waals surface area contributed by atoms with E-state index in [1.165, 1.54) is 30.3 Å². The molecular formula is C22H25N3O2S. The maximum Gasteiger partial charge on any atom is 0.262 e. The number of allylic oxidation sites excluding steroid dienone is 1. The second-order valence-electron chi connectivity index (χ2n) is 8.63. The number of amides is 1. The van der Waals surface area contributed by atoms with Crippen molar-refractivity contribution in [3.8, 4) is 0 Å². The van der Waals surface area contributed by atoms with Crippen LogP contribution in [0.15, 0.2) is 35.6 Å². The topological polar surface area (TPSA) is 66.9 Å². The van der Waals surface area contributed by atoms with Crippen molar-refractivity contribution in [1.82, 2.24) is 14.9 Å². The summed E-state index contributed by atoms with van der Waals surface area (Å²) in [5.74, 6) is 3.14. The van der Waals surface area contributed by atoms with Gasteiger partial charge in [0.15, 0.2) is 4.77 Å². The van der Waals surface area contributed by atoms with E-state index in [2.05, 4.69) is 16.9 Å². The van der Waals surface area contributed by atoms with Crippen molar-refractivity contribution >= 4 is 29.0 Å². The zero-order chi connectivity index (χ0) is 19.4. The summed E-state index contributed by atoms with van der Waals surface area (Å²) in [7, 11) is 0. The third-order valence-corrected chi connectivity index (χ3v) is 7.62. The Bertz CT molecular complexity index is 1090. The average molecular weight is 396 g/mol. The number of hydrogen-bond acceptors (Lipinski definition) is 3.